The topological polar surface area (TPSA) is 38.3 Å². The zero-order valence-corrected chi connectivity index (χ0v) is 8.47. The number of nitrogens with one attached hydrogen (secondary N) is 1. The predicted octanol–water partition coefficient (Wildman–Crippen LogP) is 1.13. The standard InChI is InChI=1S/C9H18FNO2/c1-7(2)8(9(12)13-3)11-6-4-5-10/h7-8,11H,4-6H2,1-3H3. The molecule has 1 atom stereocenters. The number of carbonyl (C=O) groups excluding carboxylic acids is 1. The lowest BCUT2D eigenvalue weighted by atomic mass is 10.0. The fraction of sp³-hybridized carbons (Fsp3) is 0.889. The third-order valence-electron chi connectivity index (χ3n) is 1.80. The Bertz CT molecular complexity index is 151. The summed E-state index contributed by atoms with van der Waals surface area (Å²) in [6, 6.07) is -0.323. The van der Waals surface area contributed by atoms with Gasteiger partial charge in [-0.25, -0.2) is 0 Å². The van der Waals surface area contributed by atoms with Gasteiger partial charge in [0.25, 0.3) is 0 Å². The van der Waals surface area contributed by atoms with Crippen molar-refractivity contribution in [3.63, 3.8) is 0 Å². The molecule has 0 rings (SSSR count). The highest BCUT2D eigenvalue weighted by Crippen LogP contribution is 2.03. The molecular weight excluding hydrogens is 173 g/mol. The van der Waals surface area contributed by atoms with Crippen LogP contribution in [-0.2, 0) is 9.53 Å². The van der Waals surface area contributed by atoms with Crippen LogP contribution < -0.4 is 5.32 Å². The summed E-state index contributed by atoms with van der Waals surface area (Å²) in [5, 5.41) is 2.96. The van der Waals surface area contributed by atoms with Crippen LogP contribution in [0.4, 0.5) is 4.39 Å². The summed E-state index contributed by atoms with van der Waals surface area (Å²) in [7, 11) is 1.36. The third-order valence-corrected chi connectivity index (χ3v) is 1.80. The minimum atomic E-state index is -0.362. The third kappa shape index (κ3) is 4.83. The Labute approximate surface area is 78.6 Å². The maximum atomic E-state index is 11.8. The molecule has 3 nitrogen and oxygen atoms in total. The molecule has 0 aromatic heterocycles. The molecule has 1 unspecified atom stereocenters. The minimum absolute atomic E-state index is 0.159. The van der Waals surface area contributed by atoms with Crippen LogP contribution in [0.15, 0.2) is 0 Å². The van der Waals surface area contributed by atoms with E-state index in [0.717, 1.165) is 0 Å². The average Bonchev–Trinajstić information content (AvgIpc) is 2.11. The smallest absolute Gasteiger partial charge is 0.323 e. The second-order valence-electron chi connectivity index (χ2n) is 3.24. The van der Waals surface area contributed by atoms with Crippen LogP contribution in [0.3, 0.4) is 0 Å². The van der Waals surface area contributed by atoms with E-state index in [4.69, 9.17) is 0 Å². The Balaban J connectivity index is 3.88. The maximum absolute atomic E-state index is 11.8. The first kappa shape index (κ1) is 12.4. The van der Waals surface area contributed by atoms with Gasteiger partial charge in [0.05, 0.1) is 13.8 Å². The first-order valence-corrected chi connectivity index (χ1v) is 4.50. The Kier molecular flexibility index (Phi) is 6.49. The van der Waals surface area contributed by atoms with Crippen LogP contribution in [0.1, 0.15) is 20.3 Å². The van der Waals surface area contributed by atoms with Crippen molar-refractivity contribution in [2.24, 2.45) is 5.92 Å². The molecule has 0 aliphatic heterocycles. The molecule has 0 heterocycles. The number of carbonyl (C=O) groups is 1. The maximum Gasteiger partial charge on any atom is 0.323 e. The van der Waals surface area contributed by atoms with E-state index in [1.165, 1.54) is 7.11 Å². The fourth-order valence-electron chi connectivity index (χ4n) is 1.04. The number of hydrogen-bond donors (Lipinski definition) is 1. The molecule has 0 radical (unpaired) electrons. The van der Waals surface area contributed by atoms with Crippen molar-refractivity contribution in [1.82, 2.24) is 5.32 Å². The zero-order valence-electron chi connectivity index (χ0n) is 8.47. The Morgan fingerprint density at radius 3 is 2.54 bits per heavy atom. The Morgan fingerprint density at radius 2 is 2.15 bits per heavy atom. The number of esters is 1. The zero-order chi connectivity index (χ0) is 10.3. The molecule has 0 fully saturated rings. The van der Waals surface area contributed by atoms with Crippen LogP contribution in [-0.4, -0.2) is 32.3 Å². The molecule has 78 valence electrons. The van der Waals surface area contributed by atoms with Crippen molar-refractivity contribution in [2.75, 3.05) is 20.3 Å². The molecule has 0 amide bonds. The van der Waals surface area contributed by atoms with E-state index in [-0.39, 0.29) is 24.6 Å². The van der Waals surface area contributed by atoms with Crippen LogP contribution in [0.25, 0.3) is 0 Å². The molecule has 0 aromatic carbocycles. The molecule has 0 aliphatic carbocycles. The highest BCUT2D eigenvalue weighted by atomic mass is 19.1. The SMILES string of the molecule is COC(=O)C(NCCCF)C(C)C. The van der Waals surface area contributed by atoms with E-state index < -0.39 is 0 Å². The number of halogens is 1. The van der Waals surface area contributed by atoms with E-state index in [2.05, 4.69) is 10.1 Å². The van der Waals surface area contributed by atoms with Gasteiger partial charge in [0.2, 0.25) is 0 Å². The monoisotopic (exact) mass is 191 g/mol. The first-order valence-electron chi connectivity index (χ1n) is 4.50. The number of hydrogen-bond acceptors (Lipinski definition) is 3. The van der Waals surface area contributed by atoms with Crippen molar-refractivity contribution in [3.8, 4) is 0 Å². The summed E-state index contributed by atoms with van der Waals surface area (Å²) in [6.45, 7) is 3.99. The van der Waals surface area contributed by atoms with E-state index in [0.29, 0.717) is 13.0 Å². The van der Waals surface area contributed by atoms with Gasteiger partial charge in [-0.1, -0.05) is 13.8 Å². The van der Waals surface area contributed by atoms with Crippen LogP contribution in [0, 0.1) is 5.92 Å². The van der Waals surface area contributed by atoms with Crippen molar-refractivity contribution < 1.29 is 13.9 Å². The van der Waals surface area contributed by atoms with Gasteiger partial charge in [0, 0.05) is 0 Å². The largest absolute Gasteiger partial charge is 0.468 e. The molecule has 0 saturated carbocycles. The highest BCUT2D eigenvalue weighted by molar-refractivity contribution is 5.75. The van der Waals surface area contributed by atoms with Crippen molar-refractivity contribution in [3.05, 3.63) is 0 Å². The molecule has 4 heteroatoms. The lowest BCUT2D eigenvalue weighted by Crippen LogP contribution is -2.42. The van der Waals surface area contributed by atoms with E-state index in [9.17, 15) is 9.18 Å². The first-order chi connectivity index (χ1) is 6.13. The molecule has 13 heavy (non-hydrogen) atoms. The predicted molar refractivity (Wildman–Crippen MR) is 49.2 cm³/mol. The van der Waals surface area contributed by atoms with Gasteiger partial charge >= 0.3 is 5.97 Å². The molecule has 0 aliphatic rings. The van der Waals surface area contributed by atoms with Crippen LogP contribution >= 0.6 is 0 Å². The van der Waals surface area contributed by atoms with E-state index in [1.54, 1.807) is 0 Å². The van der Waals surface area contributed by atoms with Crippen LogP contribution in [0.2, 0.25) is 0 Å². The van der Waals surface area contributed by atoms with Gasteiger partial charge < -0.3 is 10.1 Å². The summed E-state index contributed by atoms with van der Waals surface area (Å²) in [5.41, 5.74) is 0. The number of rotatable bonds is 6. The lowest BCUT2D eigenvalue weighted by molar-refractivity contribution is -0.144. The van der Waals surface area contributed by atoms with Crippen LogP contribution in [0.5, 0.6) is 0 Å². The van der Waals surface area contributed by atoms with Crippen molar-refractivity contribution in [1.29, 1.82) is 0 Å². The number of methoxy groups -OCH3 is 1. The number of alkyl halides is 1. The highest BCUT2D eigenvalue weighted by Gasteiger charge is 2.21. The van der Waals surface area contributed by atoms with Gasteiger partial charge in [-0.2, -0.15) is 0 Å². The quantitative estimate of drug-likeness (QED) is 0.505. The van der Waals surface area contributed by atoms with Gasteiger partial charge in [0.1, 0.15) is 6.04 Å². The summed E-state index contributed by atoms with van der Waals surface area (Å²) in [6.07, 6.45) is 0.431. The van der Waals surface area contributed by atoms with Gasteiger partial charge in [-0.3, -0.25) is 9.18 Å². The molecule has 0 saturated heterocycles. The van der Waals surface area contributed by atoms with E-state index in [1.807, 2.05) is 13.8 Å². The molecule has 1 N–H and O–H groups in total. The normalized spacial score (nSPS) is 13.0. The minimum Gasteiger partial charge on any atom is -0.468 e. The Hall–Kier alpha value is -0.640. The second kappa shape index (κ2) is 6.83. The van der Waals surface area contributed by atoms with Crippen molar-refractivity contribution >= 4 is 5.97 Å². The molecule has 0 bridgehead atoms. The number of ether oxygens (including phenoxy) is 1. The fourth-order valence-corrected chi connectivity index (χ4v) is 1.04. The summed E-state index contributed by atoms with van der Waals surface area (Å²) in [5.74, 6) is -0.124. The summed E-state index contributed by atoms with van der Waals surface area (Å²) in [4.78, 5) is 11.2. The molecular formula is C9H18FNO2. The second-order valence-corrected chi connectivity index (χ2v) is 3.24. The lowest BCUT2D eigenvalue weighted by Gasteiger charge is -2.19. The molecule has 0 spiro atoms. The summed E-state index contributed by atoms with van der Waals surface area (Å²) >= 11 is 0. The van der Waals surface area contributed by atoms with Gasteiger partial charge in [-0.05, 0) is 18.9 Å². The van der Waals surface area contributed by atoms with E-state index >= 15 is 0 Å². The Morgan fingerprint density at radius 1 is 1.54 bits per heavy atom. The van der Waals surface area contributed by atoms with Gasteiger partial charge in [0.15, 0.2) is 0 Å². The summed E-state index contributed by atoms with van der Waals surface area (Å²) < 4.78 is 16.4. The van der Waals surface area contributed by atoms with Crippen molar-refractivity contribution in [2.45, 2.75) is 26.3 Å². The average molecular weight is 191 g/mol. The van der Waals surface area contributed by atoms with Gasteiger partial charge in [-0.15, -0.1) is 0 Å². The molecule has 0 aromatic rings.